The van der Waals surface area contributed by atoms with Gasteiger partial charge in [0.15, 0.2) is 0 Å². The molecule has 0 unspecified atom stereocenters. The van der Waals surface area contributed by atoms with Crippen molar-refractivity contribution in [1.29, 1.82) is 0 Å². The zero-order valence-corrected chi connectivity index (χ0v) is 15.1. The van der Waals surface area contributed by atoms with Crippen LogP contribution in [-0.4, -0.2) is 9.97 Å². The summed E-state index contributed by atoms with van der Waals surface area (Å²) in [5.41, 5.74) is 4.51. The van der Waals surface area contributed by atoms with Crippen LogP contribution in [0.3, 0.4) is 0 Å². The number of rotatable bonds is 4. The highest BCUT2D eigenvalue weighted by molar-refractivity contribution is 5.92. The Kier molecular flexibility index (Phi) is 4.42. The van der Waals surface area contributed by atoms with Gasteiger partial charge in [0.2, 0.25) is 5.95 Å². The van der Waals surface area contributed by atoms with Gasteiger partial charge in [0.05, 0.1) is 5.52 Å². The summed E-state index contributed by atoms with van der Waals surface area (Å²) in [7, 11) is 0. The van der Waals surface area contributed by atoms with E-state index in [1.54, 1.807) is 6.07 Å². The standard InChI is InChI=1S/C22H19FN4/c1-14-7-3-5-9-18(14)24-21-17-8-4-6-10-20(17)26-22(27-21)25-19-12-11-16(23)13-15(19)2/h3-13H,1-2H3,(H2,24,25,26,27). The SMILES string of the molecule is Cc1cc(F)ccc1Nc1nc(Nc2ccccc2C)c2ccccc2n1. The molecule has 1 heterocycles. The van der Waals surface area contributed by atoms with Crippen molar-refractivity contribution in [2.24, 2.45) is 0 Å². The smallest absolute Gasteiger partial charge is 0.229 e. The molecule has 1 aromatic heterocycles. The van der Waals surface area contributed by atoms with E-state index < -0.39 is 0 Å². The summed E-state index contributed by atoms with van der Waals surface area (Å²) in [6, 6.07) is 20.5. The van der Waals surface area contributed by atoms with Crippen molar-refractivity contribution in [2.45, 2.75) is 13.8 Å². The molecule has 0 radical (unpaired) electrons. The van der Waals surface area contributed by atoms with E-state index >= 15 is 0 Å². The average molecular weight is 358 g/mol. The summed E-state index contributed by atoms with van der Waals surface area (Å²) >= 11 is 0. The second-order valence-corrected chi connectivity index (χ2v) is 6.44. The Labute approximate surface area is 157 Å². The molecule has 27 heavy (non-hydrogen) atoms. The molecule has 0 atom stereocenters. The van der Waals surface area contributed by atoms with Crippen LogP contribution in [0, 0.1) is 19.7 Å². The minimum atomic E-state index is -0.264. The van der Waals surface area contributed by atoms with Crippen molar-refractivity contribution in [1.82, 2.24) is 9.97 Å². The molecule has 0 aliphatic heterocycles. The third-order valence-electron chi connectivity index (χ3n) is 4.44. The highest BCUT2D eigenvalue weighted by Crippen LogP contribution is 2.28. The van der Waals surface area contributed by atoms with Gasteiger partial charge in [-0.15, -0.1) is 0 Å². The summed E-state index contributed by atoms with van der Waals surface area (Å²) in [6.45, 7) is 3.89. The summed E-state index contributed by atoms with van der Waals surface area (Å²) in [4.78, 5) is 9.27. The quantitative estimate of drug-likeness (QED) is 0.479. The maximum absolute atomic E-state index is 13.4. The molecule has 3 aromatic carbocycles. The average Bonchev–Trinajstić information content (AvgIpc) is 2.66. The first kappa shape index (κ1) is 17.0. The largest absolute Gasteiger partial charge is 0.339 e. The number of fused-ring (bicyclic) bond motifs is 1. The number of hydrogen-bond donors (Lipinski definition) is 2. The van der Waals surface area contributed by atoms with Crippen molar-refractivity contribution in [3.8, 4) is 0 Å². The lowest BCUT2D eigenvalue weighted by molar-refractivity contribution is 0.627. The second kappa shape index (κ2) is 7.03. The fourth-order valence-corrected chi connectivity index (χ4v) is 2.96. The number of nitrogens with zero attached hydrogens (tertiary/aromatic N) is 2. The van der Waals surface area contributed by atoms with Gasteiger partial charge in [-0.3, -0.25) is 0 Å². The molecular formula is C22H19FN4. The summed E-state index contributed by atoms with van der Waals surface area (Å²) in [6.07, 6.45) is 0. The van der Waals surface area contributed by atoms with E-state index in [1.165, 1.54) is 12.1 Å². The third kappa shape index (κ3) is 3.58. The zero-order valence-electron chi connectivity index (χ0n) is 15.1. The number of aryl methyl sites for hydroxylation is 2. The van der Waals surface area contributed by atoms with Crippen LogP contribution in [0.4, 0.5) is 27.5 Å². The van der Waals surface area contributed by atoms with Crippen molar-refractivity contribution >= 4 is 34.0 Å². The lowest BCUT2D eigenvalue weighted by atomic mass is 10.2. The van der Waals surface area contributed by atoms with Crippen LogP contribution in [-0.2, 0) is 0 Å². The first-order valence-electron chi connectivity index (χ1n) is 8.73. The Morgan fingerprint density at radius 1 is 0.741 bits per heavy atom. The molecule has 134 valence electrons. The predicted octanol–water partition coefficient (Wildman–Crippen LogP) is 5.87. The molecular weight excluding hydrogens is 339 g/mol. The van der Waals surface area contributed by atoms with Crippen LogP contribution in [0.2, 0.25) is 0 Å². The van der Waals surface area contributed by atoms with Crippen molar-refractivity contribution in [3.05, 3.63) is 83.7 Å². The maximum Gasteiger partial charge on any atom is 0.229 e. The highest BCUT2D eigenvalue weighted by Gasteiger charge is 2.10. The van der Waals surface area contributed by atoms with Gasteiger partial charge in [-0.1, -0.05) is 30.3 Å². The molecule has 0 bridgehead atoms. The number of para-hydroxylation sites is 2. The van der Waals surface area contributed by atoms with E-state index in [0.717, 1.165) is 39.2 Å². The second-order valence-electron chi connectivity index (χ2n) is 6.44. The van der Waals surface area contributed by atoms with Crippen molar-refractivity contribution in [2.75, 3.05) is 10.6 Å². The van der Waals surface area contributed by atoms with Gasteiger partial charge in [-0.05, 0) is 61.4 Å². The van der Waals surface area contributed by atoms with E-state index in [2.05, 4.69) is 20.6 Å². The minimum absolute atomic E-state index is 0.264. The molecule has 4 aromatic rings. The fraction of sp³-hybridized carbons (Fsp3) is 0.0909. The van der Waals surface area contributed by atoms with Gasteiger partial charge in [0.25, 0.3) is 0 Å². The Morgan fingerprint density at radius 3 is 2.30 bits per heavy atom. The Bertz CT molecular complexity index is 1120. The van der Waals surface area contributed by atoms with Crippen molar-refractivity contribution < 1.29 is 4.39 Å². The summed E-state index contributed by atoms with van der Waals surface area (Å²) in [5, 5.41) is 7.55. The van der Waals surface area contributed by atoms with Crippen LogP contribution in [0.25, 0.3) is 10.9 Å². The van der Waals surface area contributed by atoms with Gasteiger partial charge in [0, 0.05) is 16.8 Å². The Hall–Kier alpha value is -3.47. The van der Waals surface area contributed by atoms with E-state index in [1.807, 2.05) is 62.4 Å². The van der Waals surface area contributed by atoms with Gasteiger partial charge < -0.3 is 10.6 Å². The van der Waals surface area contributed by atoms with Crippen LogP contribution in [0.1, 0.15) is 11.1 Å². The normalized spacial score (nSPS) is 10.8. The number of hydrogen-bond acceptors (Lipinski definition) is 4. The van der Waals surface area contributed by atoms with Gasteiger partial charge in [-0.25, -0.2) is 9.37 Å². The maximum atomic E-state index is 13.4. The monoisotopic (exact) mass is 358 g/mol. The molecule has 0 aliphatic rings. The van der Waals surface area contributed by atoms with E-state index in [4.69, 9.17) is 0 Å². The van der Waals surface area contributed by atoms with Gasteiger partial charge >= 0.3 is 0 Å². The number of benzene rings is 3. The Morgan fingerprint density at radius 2 is 1.48 bits per heavy atom. The molecule has 0 spiro atoms. The fourth-order valence-electron chi connectivity index (χ4n) is 2.96. The number of anilines is 4. The molecule has 0 fully saturated rings. The van der Waals surface area contributed by atoms with Gasteiger partial charge in [-0.2, -0.15) is 4.98 Å². The first-order valence-corrected chi connectivity index (χ1v) is 8.73. The number of nitrogens with one attached hydrogen (secondary N) is 2. The van der Waals surface area contributed by atoms with E-state index in [9.17, 15) is 4.39 Å². The van der Waals surface area contributed by atoms with Gasteiger partial charge in [0.1, 0.15) is 11.6 Å². The van der Waals surface area contributed by atoms with E-state index in [0.29, 0.717) is 5.95 Å². The number of halogens is 1. The van der Waals surface area contributed by atoms with Crippen LogP contribution < -0.4 is 10.6 Å². The molecule has 5 heteroatoms. The van der Waals surface area contributed by atoms with E-state index in [-0.39, 0.29) is 5.82 Å². The lowest BCUT2D eigenvalue weighted by Crippen LogP contribution is -2.03. The van der Waals surface area contributed by atoms with Crippen LogP contribution >= 0.6 is 0 Å². The lowest BCUT2D eigenvalue weighted by Gasteiger charge is -2.14. The summed E-state index contributed by atoms with van der Waals surface area (Å²) < 4.78 is 13.4. The first-order chi connectivity index (χ1) is 13.1. The molecule has 0 aliphatic carbocycles. The number of aromatic nitrogens is 2. The van der Waals surface area contributed by atoms with Crippen LogP contribution in [0.15, 0.2) is 66.7 Å². The minimum Gasteiger partial charge on any atom is -0.339 e. The van der Waals surface area contributed by atoms with Crippen LogP contribution in [0.5, 0.6) is 0 Å². The highest BCUT2D eigenvalue weighted by atomic mass is 19.1. The molecule has 2 N–H and O–H groups in total. The Balaban J connectivity index is 1.77. The molecule has 0 saturated heterocycles. The summed E-state index contributed by atoms with van der Waals surface area (Å²) in [5.74, 6) is 0.913. The zero-order chi connectivity index (χ0) is 18.8. The predicted molar refractivity (Wildman–Crippen MR) is 108 cm³/mol. The molecule has 0 amide bonds. The topological polar surface area (TPSA) is 49.8 Å². The molecule has 4 nitrogen and oxygen atoms in total. The molecule has 4 rings (SSSR count). The van der Waals surface area contributed by atoms with Crippen molar-refractivity contribution in [3.63, 3.8) is 0 Å². The molecule has 0 saturated carbocycles. The third-order valence-corrected chi connectivity index (χ3v) is 4.44.